The minimum absolute atomic E-state index is 0.0674. The van der Waals surface area contributed by atoms with Crippen molar-refractivity contribution in [3.63, 3.8) is 0 Å². The highest BCUT2D eigenvalue weighted by Gasteiger charge is 2.23. The maximum Gasteiger partial charge on any atom is 0.354 e. The van der Waals surface area contributed by atoms with Crippen LogP contribution < -0.4 is 9.89 Å². The smallest absolute Gasteiger partial charge is 0.354 e. The maximum atomic E-state index is 10.7. The zero-order valence-electron chi connectivity index (χ0n) is 6.89. The fourth-order valence-corrected chi connectivity index (χ4v) is 2.30. The zero-order valence-corrected chi connectivity index (χ0v) is 7.71. The molecule has 0 radical (unpaired) electrons. The summed E-state index contributed by atoms with van der Waals surface area (Å²) in [6, 6.07) is 1.90. The average Bonchev–Trinajstić information content (AvgIpc) is 2.70. The van der Waals surface area contributed by atoms with Gasteiger partial charge in [0.1, 0.15) is 5.70 Å². The number of fused-ring (bicyclic) bond motifs is 2. The van der Waals surface area contributed by atoms with Crippen molar-refractivity contribution in [2.45, 2.75) is 0 Å². The van der Waals surface area contributed by atoms with Crippen LogP contribution in [0.5, 0.6) is 0 Å². The van der Waals surface area contributed by atoms with Crippen molar-refractivity contribution in [1.82, 2.24) is 0 Å². The van der Waals surface area contributed by atoms with Crippen LogP contribution in [-0.4, -0.2) is 16.8 Å². The first kappa shape index (κ1) is 7.64. The number of carbonyl (C=O) groups is 1. The Bertz CT molecular complexity index is 621. The summed E-state index contributed by atoms with van der Waals surface area (Å²) in [6.45, 7) is 0. The highest BCUT2D eigenvalue weighted by molar-refractivity contribution is 7.07. The van der Waals surface area contributed by atoms with Crippen molar-refractivity contribution < 1.29 is 9.90 Å². The first-order valence-corrected chi connectivity index (χ1v) is 4.84. The van der Waals surface area contributed by atoms with E-state index in [1.54, 1.807) is 0 Å². The topological polar surface area (TPSA) is 62.0 Å². The van der Waals surface area contributed by atoms with Crippen LogP contribution in [0.1, 0.15) is 0 Å². The molecule has 3 heterocycles. The van der Waals surface area contributed by atoms with Crippen LogP contribution in [0.3, 0.4) is 0 Å². The summed E-state index contributed by atoms with van der Waals surface area (Å²) >= 11 is 1.53. The van der Waals surface area contributed by atoms with E-state index in [1.807, 2.05) is 11.4 Å². The van der Waals surface area contributed by atoms with E-state index in [9.17, 15) is 4.79 Å². The molecule has 0 saturated carbocycles. The second kappa shape index (κ2) is 2.39. The molecule has 2 aliphatic heterocycles. The second-order valence-corrected chi connectivity index (χ2v) is 3.84. The molecule has 2 aliphatic rings. The second-order valence-electron chi connectivity index (χ2n) is 2.93. The quantitative estimate of drug-likeness (QED) is 0.695. The molecule has 14 heavy (non-hydrogen) atoms. The number of rotatable bonds is 1. The highest BCUT2D eigenvalue weighted by atomic mass is 32.1. The molecule has 4 nitrogen and oxygen atoms in total. The van der Waals surface area contributed by atoms with Gasteiger partial charge in [0.15, 0.2) is 5.71 Å². The SMILES string of the molecule is O=C(O)C1=NC2=c3sccc3=NC2=C1. The molecule has 0 bridgehead atoms. The van der Waals surface area contributed by atoms with Gasteiger partial charge in [0, 0.05) is 0 Å². The largest absolute Gasteiger partial charge is 0.477 e. The van der Waals surface area contributed by atoms with Crippen LogP contribution in [0.4, 0.5) is 0 Å². The first-order chi connectivity index (χ1) is 6.75. The molecule has 0 saturated heterocycles. The highest BCUT2D eigenvalue weighted by Crippen LogP contribution is 2.22. The number of hydrogen-bond donors (Lipinski definition) is 1. The Labute approximate surface area is 82.3 Å². The summed E-state index contributed by atoms with van der Waals surface area (Å²) < 4.78 is 0.965. The molecule has 0 amide bonds. The minimum atomic E-state index is -1.01. The normalized spacial score (nSPS) is 17.0. The molecule has 0 atom stereocenters. The molecule has 0 aromatic carbocycles. The molecule has 1 aromatic heterocycles. The predicted molar refractivity (Wildman–Crippen MR) is 51.7 cm³/mol. The Balaban J connectivity index is 2.33. The Morgan fingerprint density at radius 2 is 2.29 bits per heavy atom. The molecule has 0 fully saturated rings. The lowest BCUT2D eigenvalue weighted by molar-refractivity contribution is -0.129. The fourth-order valence-electron chi connectivity index (χ4n) is 1.47. The molecule has 68 valence electrons. The zero-order chi connectivity index (χ0) is 9.71. The number of nitrogens with zero attached hydrogens (tertiary/aromatic N) is 2. The van der Waals surface area contributed by atoms with Crippen LogP contribution >= 0.6 is 11.3 Å². The molecule has 3 rings (SSSR count). The Morgan fingerprint density at radius 3 is 3.07 bits per heavy atom. The molecule has 1 aromatic rings. The van der Waals surface area contributed by atoms with Crippen molar-refractivity contribution >= 4 is 28.7 Å². The van der Waals surface area contributed by atoms with Crippen molar-refractivity contribution in [3.8, 4) is 0 Å². The number of carboxylic acid groups (broad SMARTS) is 1. The van der Waals surface area contributed by atoms with Gasteiger partial charge in [0.05, 0.1) is 15.6 Å². The molecule has 0 unspecified atom stereocenters. The van der Waals surface area contributed by atoms with Crippen LogP contribution in [0.25, 0.3) is 5.70 Å². The summed E-state index contributed by atoms with van der Waals surface area (Å²) in [6.07, 6.45) is 1.50. The van der Waals surface area contributed by atoms with Gasteiger partial charge in [-0.2, -0.15) is 0 Å². The first-order valence-electron chi connectivity index (χ1n) is 3.96. The van der Waals surface area contributed by atoms with E-state index in [4.69, 9.17) is 5.11 Å². The van der Waals surface area contributed by atoms with E-state index in [0.29, 0.717) is 11.4 Å². The molecular weight excluding hydrogens is 200 g/mol. The molecule has 0 aliphatic carbocycles. The fraction of sp³-hybridized carbons (Fsp3) is 0. The molecule has 0 spiro atoms. The number of aliphatic imine (C=N–C) groups is 1. The molecule has 1 N–H and O–H groups in total. The van der Waals surface area contributed by atoms with Gasteiger partial charge in [-0.15, -0.1) is 11.3 Å². The number of thiophene rings is 1. The Morgan fingerprint density at radius 1 is 1.43 bits per heavy atom. The van der Waals surface area contributed by atoms with Crippen molar-refractivity contribution in [1.29, 1.82) is 0 Å². The third kappa shape index (κ3) is 0.843. The van der Waals surface area contributed by atoms with E-state index in [-0.39, 0.29) is 5.71 Å². The van der Waals surface area contributed by atoms with Crippen molar-refractivity contribution in [3.05, 3.63) is 33.1 Å². The van der Waals surface area contributed by atoms with Gasteiger partial charge in [0.2, 0.25) is 0 Å². The van der Waals surface area contributed by atoms with E-state index in [1.165, 1.54) is 17.4 Å². The van der Waals surface area contributed by atoms with Gasteiger partial charge >= 0.3 is 5.97 Å². The van der Waals surface area contributed by atoms with Gasteiger partial charge < -0.3 is 5.11 Å². The number of carboxylic acids is 1. The summed E-state index contributed by atoms with van der Waals surface area (Å²) in [5.41, 5.74) is 1.44. The van der Waals surface area contributed by atoms with Gasteiger partial charge in [-0.25, -0.2) is 14.8 Å². The van der Waals surface area contributed by atoms with Crippen LogP contribution in [0.2, 0.25) is 0 Å². The summed E-state index contributed by atoms with van der Waals surface area (Å²) in [7, 11) is 0. The monoisotopic (exact) mass is 204 g/mol. The predicted octanol–water partition coefficient (Wildman–Crippen LogP) is -0.0874. The van der Waals surface area contributed by atoms with E-state index >= 15 is 0 Å². The molecular formula is C9H4N2O2S. The third-order valence-corrected chi connectivity index (χ3v) is 2.98. The van der Waals surface area contributed by atoms with Gasteiger partial charge in [-0.1, -0.05) is 0 Å². The Kier molecular flexibility index (Phi) is 1.30. The van der Waals surface area contributed by atoms with Gasteiger partial charge in [-0.05, 0) is 17.5 Å². The van der Waals surface area contributed by atoms with Crippen molar-refractivity contribution in [2.75, 3.05) is 0 Å². The van der Waals surface area contributed by atoms with Crippen LogP contribution in [0.15, 0.2) is 33.2 Å². The van der Waals surface area contributed by atoms with Crippen molar-refractivity contribution in [2.24, 2.45) is 9.98 Å². The lowest BCUT2D eigenvalue weighted by Gasteiger charge is -1.85. The van der Waals surface area contributed by atoms with E-state index < -0.39 is 5.97 Å². The lowest BCUT2D eigenvalue weighted by atomic mass is 10.3. The number of aliphatic carboxylic acids is 1. The summed E-state index contributed by atoms with van der Waals surface area (Å²) in [5.74, 6) is -1.01. The third-order valence-electron chi connectivity index (χ3n) is 2.07. The lowest BCUT2D eigenvalue weighted by Crippen LogP contribution is -2.15. The van der Waals surface area contributed by atoms with Gasteiger partial charge in [-0.3, -0.25) is 0 Å². The number of hydrogen-bond acceptors (Lipinski definition) is 4. The van der Waals surface area contributed by atoms with E-state index in [2.05, 4.69) is 9.98 Å². The van der Waals surface area contributed by atoms with E-state index in [0.717, 1.165) is 9.89 Å². The van der Waals surface area contributed by atoms with Crippen LogP contribution in [0, 0.1) is 0 Å². The maximum absolute atomic E-state index is 10.7. The summed E-state index contributed by atoms with van der Waals surface area (Å²) in [5, 5.41) is 11.6. The Hall–Kier alpha value is -1.75. The van der Waals surface area contributed by atoms with Crippen LogP contribution in [-0.2, 0) is 4.79 Å². The van der Waals surface area contributed by atoms with Gasteiger partial charge in [0.25, 0.3) is 0 Å². The minimum Gasteiger partial charge on any atom is -0.477 e. The average molecular weight is 204 g/mol. The summed E-state index contributed by atoms with van der Waals surface area (Å²) in [4.78, 5) is 18.9. The molecule has 5 heteroatoms. The standard InChI is InChI=1S/C9H4N2O2S/c12-9(13)6-3-5-7(11-6)8-4(10-5)1-2-14-8/h1-3H,(H,12,13).